The van der Waals surface area contributed by atoms with Crippen LogP contribution in [0.5, 0.6) is 0 Å². The first-order valence-electron chi connectivity index (χ1n) is 9.56. The molecule has 3 aliphatic rings. The van der Waals surface area contributed by atoms with Gasteiger partial charge < -0.3 is 10.2 Å². The van der Waals surface area contributed by atoms with Crippen molar-refractivity contribution < 1.29 is 4.79 Å². The molecule has 25 heavy (non-hydrogen) atoms. The monoisotopic (exact) mass is 362 g/mol. The number of nitrogens with zero attached hydrogens (tertiary/aromatic N) is 3. The van der Waals surface area contributed by atoms with E-state index in [1.165, 1.54) is 12.8 Å². The highest BCUT2D eigenvalue weighted by atomic mass is 32.1. The van der Waals surface area contributed by atoms with E-state index >= 15 is 0 Å². The number of hydrogen-bond donors (Lipinski definition) is 1. The molecule has 1 aromatic rings. The van der Waals surface area contributed by atoms with E-state index in [1.807, 2.05) is 11.6 Å². The smallest absolute Gasteiger partial charge is 0.234 e. The van der Waals surface area contributed by atoms with Crippen molar-refractivity contribution >= 4 is 22.4 Å². The molecule has 1 N–H and O–H groups in total. The van der Waals surface area contributed by atoms with Gasteiger partial charge in [-0.05, 0) is 36.0 Å². The largest absolute Gasteiger partial charge is 0.352 e. The summed E-state index contributed by atoms with van der Waals surface area (Å²) in [6.45, 7) is 11.5. The van der Waals surface area contributed by atoms with Gasteiger partial charge in [0.05, 0.1) is 6.54 Å². The van der Waals surface area contributed by atoms with Crippen LogP contribution in [0, 0.1) is 16.7 Å². The van der Waals surface area contributed by atoms with Gasteiger partial charge in [0.25, 0.3) is 0 Å². The zero-order valence-corrected chi connectivity index (χ0v) is 16.4. The third-order valence-corrected chi connectivity index (χ3v) is 8.39. The summed E-state index contributed by atoms with van der Waals surface area (Å²) in [6.07, 6.45) is 5.60. The summed E-state index contributed by atoms with van der Waals surface area (Å²) in [5.74, 6) is 0.974. The van der Waals surface area contributed by atoms with Crippen molar-refractivity contribution in [2.24, 2.45) is 16.7 Å². The Labute approximate surface area is 154 Å². The summed E-state index contributed by atoms with van der Waals surface area (Å²) in [5, 5.41) is 6.51. The van der Waals surface area contributed by atoms with Gasteiger partial charge in [0.1, 0.15) is 0 Å². The first kappa shape index (κ1) is 17.3. The molecular weight excluding hydrogens is 332 g/mol. The van der Waals surface area contributed by atoms with Crippen molar-refractivity contribution in [1.29, 1.82) is 0 Å². The van der Waals surface area contributed by atoms with Crippen LogP contribution in [0.4, 0.5) is 5.13 Å². The van der Waals surface area contributed by atoms with E-state index in [0.29, 0.717) is 18.0 Å². The lowest BCUT2D eigenvalue weighted by molar-refractivity contribution is -0.124. The minimum Gasteiger partial charge on any atom is -0.352 e. The highest BCUT2D eigenvalue weighted by molar-refractivity contribution is 7.13. The van der Waals surface area contributed by atoms with Gasteiger partial charge in [-0.15, -0.1) is 11.3 Å². The molecule has 0 spiro atoms. The Balaban J connectivity index is 1.28. The van der Waals surface area contributed by atoms with Gasteiger partial charge in [-0.3, -0.25) is 9.69 Å². The van der Waals surface area contributed by atoms with E-state index in [4.69, 9.17) is 0 Å². The molecule has 2 saturated carbocycles. The fraction of sp³-hybridized carbons (Fsp3) is 0.789. The Kier molecular flexibility index (Phi) is 4.31. The summed E-state index contributed by atoms with van der Waals surface area (Å²) in [4.78, 5) is 21.6. The third kappa shape index (κ3) is 2.87. The number of anilines is 1. The highest BCUT2D eigenvalue weighted by Gasteiger charge is 2.61. The van der Waals surface area contributed by atoms with E-state index in [9.17, 15) is 4.79 Å². The van der Waals surface area contributed by atoms with Crippen molar-refractivity contribution in [2.75, 3.05) is 37.6 Å². The van der Waals surface area contributed by atoms with Crippen LogP contribution in [0.15, 0.2) is 11.6 Å². The molecule has 1 amide bonds. The van der Waals surface area contributed by atoms with Crippen molar-refractivity contribution in [3.8, 4) is 0 Å². The van der Waals surface area contributed by atoms with E-state index in [1.54, 1.807) is 11.3 Å². The molecule has 2 bridgehead atoms. The van der Waals surface area contributed by atoms with Gasteiger partial charge in [0.15, 0.2) is 5.13 Å². The Bertz CT molecular complexity index is 623. The lowest BCUT2D eigenvalue weighted by Gasteiger charge is -2.40. The Morgan fingerprint density at radius 2 is 2.08 bits per heavy atom. The van der Waals surface area contributed by atoms with Crippen LogP contribution >= 0.6 is 11.3 Å². The van der Waals surface area contributed by atoms with Gasteiger partial charge in [0, 0.05) is 43.8 Å². The topological polar surface area (TPSA) is 48.5 Å². The molecular formula is C19H30N4OS. The number of aromatic nitrogens is 1. The number of amides is 1. The van der Waals surface area contributed by atoms with Crippen LogP contribution in [-0.2, 0) is 4.79 Å². The summed E-state index contributed by atoms with van der Waals surface area (Å²) < 4.78 is 0. The van der Waals surface area contributed by atoms with Crippen molar-refractivity contribution in [1.82, 2.24) is 15.2 Å². The van der Waals surface area contributed by atoms with E-state index < -0.39 is 0 Å². The number of hydrogen-bond acceptors (Lipinski definition) is 5. The molecule has 6 heteroatoms. The SMILES string of the molecule is CC1(C)[C@H]2CC[C@@]1(C)[C@@H](NC(=O)CN1CCN(c3nccs3)CC1)C2. The number of carbonyl (C=O) groups is 1. The average Bonchev–Trinajstić information content (AvgIpc) is 3.22. The second-order valence-electron chi connectivity index (χ2n) is 8.81. The van der Waals surface area contributed by atoms with E-state index in [0.717, 1.165) is 43.6 Å². The maximum absolute atomic E-state index is 12.6. The Morgan fingerprint density at radius 1 is 1.32 bits per heavy atom. The molecule has 0 aromatic carbocycles. The summed E-state index contributed by atoms with van der Waals surface area (Å²) >= 11 is 1.69. The zero-order chi connectivity index (χ0) is 17.7. The van der Waals surface area contributed by atoms with Crippen LogP contribution in [0.3, 0.4) is 0 Å². The minimum absolute atomic E-state index is 0.206. The van der Waals surface area contributed by atoms with Crippen LogP contribution in [-0.4, -0.2) is 54.6 Å². The number of piperazine rings is 1. The summed E-state index contributed by atoms with van der Waals surface area (Å²) in [7, 11) is 0. The fourth-order valence-electron chi connectivity index (χ4n) is 5.33. The second-order valence-corrected chi connectivity index (χ2v) is 9.68. The Morgan fingerprint density at radius 3 is 2.64 bits per heavy atom. The first-order valence-corrected chi connectivity index (χ1v) is 10.4. The van der Waals surface area contributed by atoms with Gasteiger partial charge in [0.2, 0.25) is 5.91 Å². The molecule has 2 aliphatic carbocycles. The van der Waals surface area contributed by atoms with Gasteiger partial charge in [-0.25, -0.2) is 4.98 Å². The molecule has 2 heterocycles. The molecule has 0 radical (unpaired) electrons. The van der Waals surface area contributed by atoms with E-state index in [2.05, 4.69) is 40.9 Å². The lowest BCUT2D eigenvalue weighted by atomic mass is 9.69. The third-order valence-electron chi connectivity index (χ3n) is 7.56. The minimum atomic E-state index is 0.206. The molecule has 1 aliphatic heterocycles. The van der Waals surface area contributed by atoms with E-state index in [-0.39, 0.29) is 11.3 Å². The average molecular weight is 363 g/mol. The van der Waals surface area contributed by atoms with Crippen LogP contribution in [0.25, 0.3) is 0 Å². The maximum atomic E-state index is 12.6. The fourth-order valence-corrected chi connectivity index (χ4v) is 6.03. The molecule has 1 aromatic heterocycles. The predicted molar refractivity (Wildman–Crippen MR) is 102 cm³/mol. The standard InChI is InChI=1S/C19H30N4OS/c1-18(2)14-4-5-19(18,3)15(12-14)21-16(24)13-22-7-9-23(10-8-22)17-20-6-11-25-17/h6,11,14-15H,4-5,7-10,12-13H2,1-3H3,(H,21,24)/t14-,15-,19-/m0/s1. The molecule has 5 nitrogen and oxygen atoms in total. The van der Waals surface area contributed by atoms with Gasteiger partial charge in [-0.1, -0.05) is 20.8 Å². The number of rotatable bonds is 4. The Hall–Kier alpha value is -1.14. The van der Waals surface area contributed by atoms with Crippen LogP contribution < -0.4 is 10.2 Å². The molecule has 3 fully saturated rings. The maximum Gasteiger partial charge on any atom is 0.234 e. The van der Waals surface area contributed by atoms with Crippen molar-refractivity contribution in [3.63, 3.8) is 0 Å². The molecule has 3 atom stereocenters. The van der Waals surface area contributed by atoms with Gasteiger partial charge >= 0.3 is 0 Å². The molecule has 1 saturated heterocycles. The van der Waals surface area contributed by atoms with Crippen molar-refractivity contribution in [3.05, 3.63) is 11.6 Å². The van der Waals surface area contributed by atoms with Gasteiger partial charge in [-0.2, -0.15) is 0 Å². The highest BCUT2D eigenvalue weighted by Crippen LogP contribution is 2.65. The summed E-state index contributed by atoms with van der Waals surface area (Å²) in [6, 6.07) is 0.352. The van der Waals surface area contributed by atoms with Crippen LogP contribution in [0.1, 0.15) is 40.0 Å². The first-order chi connectivity index (χ1) is 11.9. The zero-order valence-electron chi connectivity index (χ0n) is 15.6. The lowest BCUT2D eigenvalue weighted by Crippen LogP contribution is -2.53. The number of thiazole rings is 1. The normalized spacial score (nSPS) is 34.4. The number of fused-ring (bicyclic) bond motifs is 2. The quantitative estimate of drug-likeness (QED) is 0.894. The number of nitrogens with one attached hydrogen (secondary N) is 1. The second kappa shape index (κ2) is 6.23. The number of carbonyl (C=O) groups excluding carboxylic acids is 1. The van der Waals surface area contributed by atoms with Crippen LogP contribution in [0.2, 0.25) is 0 Å². The van der Waals surface area contributed by atoms with Crippen molar-refractivity contribution in [2.45, 2.75) is 46.1 Å². The predicted octanol–water partition coefficient (Wildman–Crippen LogP) is 2.60. The summed E-state index contributed by atoms with van der Waals surface area (Å²) in [5.41, 5.74) is 0.612. The molecule has 0 unspecified atom stereocenters. The molecule has 138 valence electrons. The molecule has 4 rings (SSSR count).